The normalized spacial score (nSPS) is 22.5. The Hall–Kier alpha value is -2.54. The van der Waals surface area contributed by atoms with Crippen LogP contribution < -0.4 is 5.32 Å². The lowest BCUT2D eigenvalue weighted by molar-refractivity contribution is -0.131. The van der Waals surface area contributed by atoms with Gasteiger partial charge in [-0.25, -0.2) is 0 Å². The molecule has 1 aromatic rings. The summed E-state index contributed by atoms with van der Waals surface area (Å²) in [6.45, 7) is 1.42. The fourth-order valence-electron chi connectivity index (χ4n) is 3.83. The molecule has 0 bridgehead atoms. The molecule has 3 rings (SSSR count). The Bertz CT molecular complexity index is 781. The van der Waals surface area contributed by atoms with Crippen molar-refractivity contribution in [2.45, 2.75) is 43.8 Å². The molecule has 2 heterocycles. The molecule has 146 valence electrons. The van der Waals surface area contributed by atoms with Crippen LogP contribution in [-0.2, 0) is 4.79 Å². The van der Waals surface area contributed by atoms with E-state index in [1.165, 1.54) is 4.90 Å². The molecule has 2 atom stereocenters. The van der Waals surface area contributed by atoms with E-state index in [9.17, 15) is 14.9 Å². The molecule has 2 fully saturated rings. The molecular weight excluding hydrogens is 376 g/mol. The number of hydrogen-bond acceptors (Lipinski definition) is 4. The zero-order valence-corrected chi connectivity index (χ0v) is 16.4. The van der Waals surface area contributed by atoms with Gasteiger partial charge in [0.05, 0.1) is 18.7 Å². The van der Waals surface area contributed by atoms with Crippen LogP contribution in [0.25, 0.3) is 0 Å². The highest BCUT2D eigenvalue weighted by atomic mass is 35.5. The average molecular weight is 399 g/mol. The van der Waals surface area contributed by atoms with Crippen LogP contribution in [0, 0.1) is 23.7 Å². The third-order valence-electron chi connectivity index (χ3n) is 5.43. The first-order chi connectivity index (χ1) is 13.5. The number of nitrogens with zero attached hydrogens (tertiary/aromatic N) is 3. The van der Waals surface area contributed by atoms with Crippen LogP contribution in [0.15, 0.2) is 24.3 Å². The van der Waals surface area contributed by atoms with Crippen LogP contribution in [0.5, 0.6) is 0 Å². The fourth-order valence-corrected chi connectivity index (χ4v) is 3.96. The van der Waals surface area contributed by atoms with E-state index < -0.39 is 6.04 Å². The van der Waals surface area contributed by atoms with Crippen molar-refractivity contribution in [3.05, 3.63) is 34.9 Å². The molecule has 2 amide bonds. The van der Waals surface area contributed by atoms with Gasteiger partial charge in [-0.1, -0.05) is 17.5 Å². The van der Waals surface area contributed by atoms with E-state index in [-0.39, 0.29) is 30.4 Å². The topological polar surface area (TPSA) is 76.4 Å². The number of halogens is 1. The molecule has 0 spiro atoms. The quantitative estimate of drug-likeness (QED) is 0.787. The van der Waals surface area contributed by atoms with E-state index in [0.29, 0.717) is 36.5 Å². The first-order valence-corrected chi connectivity index (χ1v) is 9.86. The third kappa shape index (κ3) is 4.47. The number of amides is 2. The van der Waals surface area contributed by atoms with Crippen LogP contribution in [0.1, 0.15) is 36.0 Å². The van der Waals surface area contributed by atoms with Gasteiger partial charge in [-0.3, -0.25) is 9.59 Å². The smallest absolute Gasteiger partial charge is 0.253 e. The van der Waals surface area contributed by atoms with Gasteiger partial charge in [0.25, 0.3) is 5.91 Å². The molecule has 0 radical (unpaired) electrons. The first kappa shape index (κ1) is 20.2. The molecule has 2 saturated heterocycles. The minimum atomic E-state index is -0.436. The standard InChI is InChI=1S/C21H23ClN4O2/c1-2-18-7-8-19(13-23)26(18)20(27)14-24-17-9-11-25(12-10-17)21(28)15-3-5-16(22)6-4-15/h1,3-6,17-19,24H,7-12,14H2/t18-,19?/m1/s1. The minimum absolute atomic E-state index is 0.00279. The second kappa shape index (κ2) is 9.10. The zero-order valence-electron chi connectivity index (χ0n) is 15.6. The highest BCUT2D eigenvalue weighted by Crippen LogP contribution is 2.23. The molecule has 2 aliphatic heterocycles. The van der Waals surface area contributed by atoms with Crippen LogP contribution in [-0.4, -0.2) is 59.4 Å². The predicted molar refractivity (Wildman–Crippen MR) is 106 cm³/mol. The molecule has 1 unspecified atom stereocenters. The Morgan fingerprint density at radius 3 is 2.39 bits per heavy atom. The summed E-state index contributed by atoms with van der Waals surface area (Å²) in [5.41, 5.74) is 0.628. The lowest BCUT2D eigenvalue weighted by Crippen LogP contribution is -2.49. The number of benzene rings is 1. The molecule has 28 heavy (non-hydrogen) atoms. The molecular formula is C21H23ClN4O2. The minimum Gasteiger partial charge on any atom is -0.339 e. The Balaban J connectivity index is 1.47. The van der Waals surface area contributed by atoms with Gasteiger partial charge in [0.15, 0.2) is 0 Å². The summed E-state index contributed by atoms with van der Waals surface area (Å²) < 4.78 is 0. The number of carbonyl (C=O) groups excluding carboxylic acids is 2. The molecule has 0 aromatic heterocycles. The van der Waals surface area contributed by atoms with Gasteiger partial charge >= 0.3 is 0 Å². The highest BCUT2D eigenvalue weighted by Gasteiger charge is 2.36. The van der Waals surface area contributed by atoms with E-state index in [4.69, 9.17) is 18.0 Å². The summed E-state index contributed by atoms with van der Waals surface area (Å²) in [7, 11) is 0. The van der Waals surface area contributed by atoms with E-state index in [1.807, 2.05) is 4.90 Å². The zero-order chi connectivity index (χ0) is 20.1. The maximum Gasteiger partial charge on any atom is 0.253 e. The SMILES string of the molecule is C#C[C@@H]1CCC(C#N)N1C(=O)CNC1CCN(C(=O)c2ccc(Cl)cc2)CC1. The Kier molecular flexibility index (Phi) is 6.57. The van der Waals surface area contributed by atoms with Crippen molar-refractivity contribution in [1.82, 2.24) is 15.1 Å². The number of carbonyl (C=O) groups is 2. The summed E-state index contributed by atoms with van der Waals surface area (Å²) in [6, 6.07) is 8.49. The number of rotatable bonds is 4. The Morgan fingerprint density at radius 2 is 1.79 bits per heavy atom. The van der Waals surface area contributed by atoms with Crippen molar-refractivity contribution in [2.24, 2.45) is 0 Å². The summed E-state index contributed by atoms with van der Waals surface area (Å²) in [5, 5.41) is 13.1. The summed E-state index contributed by atoms with van der Waals surface area (Å²) in [5.74, 6) is 2.47. The van der Waals surface area contributed by atoms with E-state index in [2.05, 4.69) is 17.3 Å². The molecule has 1 N–H and O–H groups in total. The third-order valence-corrected chi connectivity index (χ3v) is 5.68. The van der Waals surface area contributed by atoms with E-state index in [0.717, 1.165) is 12.8 Å². The Labute approximate surface area is 170 Å². The monoisotopic (exact) mass is 398 g/mol. The maximum absolute atomic E-state index is 12.6. The van der Waals surface area contributed by atoms with Crippen molar-refractivity contribution < 1.29 is 9.59 Å². The number of terminal acetylenes is 1. The number of nitrogens with one attached hydrogen (secondary N) is 1. The maximum atomic E-state index is 12.6. The molecule has 6 nitrogen and oxygen atoms in total. The van der Waals surface area contributed by atoms with Crippen molar-refractivity contribution in [1.29, 1.82) is 5.26 Å². The van der Waals surface area contributed by atoms with Crippen LogP contribution in [0.4, 0.5) is 0 Å². The van der Waals surface area contributed by atoms with Crippen LogP contribution in [0.2, 0.25) is 5.02 Å². The lowest BCUT2D eigenvalue weighted by Gasteiger charge is -2.33. The van der Waals surface area contributed by atoms with Gasteiger partial charge < -0.3 is 15.1 Å². The largest absolute Gasteiger partial charge is 0.339 e. The fraction of sp³-hybridized carbons (Fsp3) is 0.476. The number of piperidine rings is 1. The second-order valence-corrected chi connectivity index (χ2v) is 7.60. The van der Waals surface area contributed by atoms with Gasteiger partial charge in [0.1, 0.15) is 6.04 Å². The van der Waals surface area contributed by atoms with Gasteiger partial charge in [-0.15, -0.1) is 6.42 Å². The van der Waals surface area contributed by atoms with Crippen LogP contribution in [0.3, 0.4) is 0 Å². The van der Waals surface area contributed by atoms with Crippen molar-refractivity contribution in [3.63, 3.8) is 0 Å². The van der Waals surface area contributed by atoms with Gasteiger partial charge in [-0.05, 0) is 49.9 Å². The molecule has 1 aromatic carbocycles. The molecule has 0 aliphatic carbocycles. The molecule has 2 aliphatic rings. The van der Waals surface area contributed by atoms with Crippen molar-refractivity contribution in [2.75, 3.05) is 19.6 Å². The van der Waals surface area contributed by atoms with Crippen molar-refractivity contribution >= 4 is 23.4 Å². The Morgan fingerprint density at radius 1 is 1.14 bits per heavy atom. The summed E-state index contributed by atoms with van der Waals surface area (Å²) in [4.78, 5) is 28.5. The van der Waals surface area contributed by atoms with Gasteiger partial charge in [0, 0.05) is 29.7 Å². The first-order valence-electron chi connectivity index (χ1n) is 9.48. The van der Waals surface area contributed by atoms with Crippen LogP contribution >= 0.6 is 11.6 Å². The summed E-state index contributed by atoms with van der Waals surface area (Å²) >= 11 is 5.87. The second-order valence-electron chi connectivity index (χ2n) is 7.16. The highest BCUT2D eigenvalue weighted by molar-refractivity contribution is 6.30. The van der Waals surface area contributed by atoms with Gasteiger partial charge in [0.2, 0.25) is 5.91 Å². The number of hydrogen-bond donors (Lipinski definition) is 1. The molecule has 7 heteroatoms. The van der Waals surface area contributed by atoms with E-state index in [1.54, 1.807) is 24.3 Å². The van der Waals surface area contributed by atoms with E-state index >= 15 is 0 Å². The lowest BCUT2D eigenvalue weighted by atomic mass is 10.0. The average Bonchev–Trinajstić information content (AvgIpc) is 3.16. The number of nitriles is 1. The predicted octanol–water partition coefficient (Wildman–Crippen LogP) is 2.05. The molecule has 0 saturated carbocycles. The van der Waals surface area contributed by atoms with Gasteiger partial charge in [-0.2, -0.15) is 5.26 Å². The summed E-state index contributed by atoms with van der Waals surface area (Å²) in [6.07, 6.45) is 8.34. The number of likely N-dealkylation sites (tertiary alicyclic amines) is 2. The van der Waals surface area contributed by atoms with Crippen molar-refractivity contribution in [3.8, 4) is 18.4 Å².